The lowest BCUT2D eigenvalue weighted by Gasteiger charge is -2.35. The summed E-state index contributed by atoms with van der Waals surface area (Å²) in [5.74, 6) is 0. The van der Waals surface area contributed by atoms with E-state index in [0.717, 1.165) is 25.7 Å². The van der Waals surface area contributed by atoms with Crippen LogP contribution >= 0.6 is 22.6 Å². The molecule has 0 aromatic carbocycles. The monoisotopic (exact) mass is 419 g/mol. The van der Waals surface area contributed by atoms with Crippen molar-refractivity contribution in [3.8, 4) is 0 Å². The third kappa shape index (κ3) is 4.14. The zero-order valence-corrected chi connectivity index (χ0v) is 16.3. The van der Waals surface area contributed by atoms with Crippen molar-refractivity contribution in [2.45, 2.75) is 71.1 Å². The molecule has 1 aromatic heterocycles. The number of hydrogen-bond donors (Lipinski definition) is 0. The summed E-state index contributed by atoms with van der Waals surface area (Å²) in [5.41, 5.74) is 0.801. The first-order valence-corrected chi connectivity index (χ1v) is 8.92. The van der Waals surface area contributed by atoms with E-state index in [1.807, 2.05) is 34.0 Å². The Balaban J connectivity index is 1.92. The SMILES string of the molecule is Cc1c(I)cnn1[C@H]1CC[C@@H](N(C)C(=O)OC(C)(C)C)CC1. The first kappa shape index (κ1) is 17.6. The first-order chi connectivity index (χ1) is 10.2. The van der Waals surface area contributed by atoms with Crippen LogP contribution in [0.15, 0.2) is 6.20 Å². The summed E-state index contributed by atoms with van der Waals surface area (Å²) in [6.45, 7) is 7.82. The van der Waals surface area contributed by atoms with E-state index in [-0.39, 0.29) is 12.1 Å². The van der Waals surface area contributed by atoms with Crippen molar-refractivity contribution in [2.24, 2.45) is 0 Å². The van der Waals surface area contributed by atoms with Crippen LogP contribution in [0.5, 0.6) is 0 Å². The third-order valence-corrected chi connectivity index (χ3v) is 5.29. The highest BCUT2D eigenvalue weighted by Crippen LogP contribution is 2.32. The molecule has 0 aliphatic heterocycles. The van der Waals surface area contributed by atoms with Gasteiger partial charge >= 0.3 is 6.09 Å². The lowest BCUT2D eigenvalue weighted by Crippen LogP contribution is -2.42. The Hall–Kier alpha value is -0.790. The van der Waals surface area contributed by atoms with Gasteiger partial charge in [-0.1, -0.05) is 0 Å². The molecular formula is C16H26IN3O2. The van der Waals surface area contributed by atoms with E-state index in [4.69, 9.17) is 4.74 Å². The molecule has 5 nitrogen and oxygen atoms in total. The number of carbonyl (C=O) groups excluding carboxylic acids is 1. The molecule has 1 aliphatic carbocycles. The van der Waals surface area contributed by atoms with Gasteiger partial charge in [0.15, 0.2) is 0 Å². The maximum Gasteiger partial charge on any atom is 0.410 e. The van der Waals surface area contributed by atoms with E-state index in [2.05, 4.69) is 39.3 Å². The van der Waals surface area contributed by atoms with Crippen LogP contribution in [0.1, 0.15) is 58.2 Å². The lowest BCUT2D eigenvalue weighted by molar-refractivity contribution is 0.0172. The van der Waals surface area contributed by atoms with E-state index in [9.17, 15) is 4.79 Å². The molecule has 1 heterocycles. The fraction of sp³-hybridized carbons (Fsp3) is 0.750. The van der Waals surface area contributed by atoms with Gasteiger partial charge in [0.2, 0.25) is 0 Å². The Kier molecular flexibility index (Phi) is 5.40. The number of aromatic nitrogens is 2. The minimum Gasteiger partial charge on any atom is -0.444 e. The summed E-state index contributed by atoms with van der Waals surface area (Å²) in [6.07, 6.45) is 5.80. The van der Waals surface area contributed by atoms with Gasteiger partial charge in [-0.15, -0.1) is 0 Å². The summed E-state index contributed by atoms with van der Waals surface area (Å²) >= 11 is 2.32. The van der Waals surface area contributed by atoms with Crippen LogP contribution in [0.3, 0.4) is 0 Å². The highest BCUT2D eigenvalue weighted by molar-refractivity contribution is 14.1. The minimum absolute atomic E-state index is 0.222. The number of rotatable bonds is 2. The van der Waals surface area contributed by atoms with Gasteiger partial charge in [-0.05, 0) is 76.0 Å². The van der Waals surface area contributed by atoms with E-state index >= 15 is 0 Å². The molecule has 0 radical (unpaired) electrons. The molecule has 0 N–H and O–H groups in total. The van der Waals surface area contributed by atoms with Gasteiger partial charge in [0.1, 0.15) is 5.60 Å². The second kappa shape index (κ2) is 6.76. The van der Waals surface area contributed by atoms with Gasteiger partial charge in [0, 0.05) is 18.8 Å². The highest BCUT2D eigenvalue weighted by Gasteiger charge is 2.30. The van der Waals surface area contributed by atoms with Crippen molar-refractivity contribution in [1.29, 1.82) is 0 Å². The number of hydrogen-bond acceptors (Lipinski definition) is 3. The van der Waals surface area contributed by atoms with E-state index in [1.165, 1.54) is 9.26 Å². The third-order valence-electron chi connectivity index (χ3n) is 4.23. The second-order valence-corrected chi connectivity index (χ2v) is 8.24. The molecule has 1 saturated carbocycles. The van der Waals surface area contributed by atoms with Gasteiger partial charge in [0.05, 0.1) is 15.8 Å². The largest absolute Gasteiger partial charge is 0.444 e. The van der Waals surface area contributed by atoms with Gasteiger partial charge < -0.3 is 9.64 Å². The molecule has 0 atom stereocenters. The van der Waals surface area contributed by atoms with Crippen LogP contribution in [-0.4, -0.2) is 39.5 Å². The van der Waals surface area contributed by atoms with E-state index in [0.29, 0.717) is 6.04 Å². The van der Waals surface area contributed by atoms with Crippen molar-refractivity contribution in [3.05, 3.63) is 15.5 Å². The molecule has 0 saturated heterocycles. The average molecular weight is 419 g/mol. The van der Waals surface area contributed by atoms with Crippen LogP contribution < -0.4 is 0 Å². The second-order valence-electron chi connectivity index (χ2n) is 7.08. The molecule has 22 heavy (non-hydrogen) atoms. The Morgan fingerprint density at radius 3 is 2.41 bits per heavy atom. The van der Waals surface area contributed by atoms with Crippen LogP contribution in [0.2, 0.25) is 0 Å². The highest BCUT2D eigenvalue weighted by atomic mass is 127. The zero-order chi connectivity index (χ0) is 16.5. The Bertz CT molecular complexity index is 528. The maximum absolute atomic E-state index is 12.2. The standard InChI is InChI=1S/C16H26IN3O2/c1-11-14(17)10-18-20(11)13-8-6-12(7-9-13)19(5)15(21)22-16(2,3)4/h10,12-13H,6-9H2,1-5H3/t12-,13+. The predicted octanol–water partition coefficient (Wildman–Crippen LogP) is 4.15. The van der Waals surface area contributed by atoms with E-state index in [1.54, 1.807) is 4.90 Å². The topological polar surface area (TPSA) is 47.4 Å². The van der Waals surface area contributed by atoms with Crippen LogP contribution in [0.4, 0.5) is 4.79 Å². The van der Waals surface area contributed by atoms with Crippen LogP contribution in [0, 0.1) is 10.5 Å². The van der Waals surface area contributed by atoms with Gasteiger partial charge in [0.25, 0.3) is 0 Å². The summed E-state index contributed by atoms with van der Waals surface area (Å²) in [5, 5.41) is 4.50. The molecule has 1 aliphatic rings. The van der Waals surface area contributed by atoms with Gasteiger partial charge in [-0.3, -0.25) is 4.68 Å². The normalized spacial score (nSPS) is 22.5. The fourth-order valence-electron chi connectivity index (χ4n) is 2.94. The summed E-state index contributed by atoms with van der Waals surface area (Å²) in [4.78, 5) is 13.9. The molecule has 2 rings (SSSR count). The van der Waals surface area contributed by atoms with Gasteiger partial charge in [-0.25, -0.2) is 4.79 Å². The number of nitrogens with zero attached hydrogens (tertiary/aromatic N) is 3. The van der Waals surface area contributed by atoms with Crippen molar-refractivity contribution in [3.63, 3.8) is 0 Å². The lowest BCUT2D eigenvalue weighted by atomic mass is 9.90. The number of ether oxygens (including phenoxy) is 1. The molecular weight excluding hydrogens is 393 g/mol. The van der Waals surface area contributed by atoms with Crippen molar-refractivity contribution in [2.75, 3.05) is 7.05 Å². The molecule has 1 amide bonds. The number of halogens is 1. The van der Waals surface area contributed by atoms with Gasteiger partial charge in [-0.2, -0.15) is 5.10 Å². The Labute approximate surface area is 146 Å². The van der Waals surface area contributed by atoms with Crippen molar-refractivity contribution in [1.82, 2.24) is 14.7 Å². The van der Waals surface area contributed by atoms with Crippen LogP contribution in [-0.2, 0) is 4.74 Å². The molecule has 0 bridgehead atoms. The molecule has 1 fully saturated rings. The average Bonchev–Trinajstić information content (AvgIpc) is 2.76. The zero-order valence-electron chi connectivity index (χ0n) is 14.1. The maximum atomic E-state index is 12.2. The molecule has 0 unspecified atom stereocenters. The summed E-state index contributed by atoms with van der Waals surface area (Å²) in [6, 6.07) is 0.716. The fourth-order valence-corrected chi connectivity index (χ4v) is 3.32. The summed E-state index contributed by atoms with van der Waals surface area (Å²) in [7, 11) is 1.85. The van der Waals surface area contributed by atoms with Crippen molar-refractivity contribution < 1.29 is 9.53 Å². The predicted molar refractivity (Wildman–Crippen MR) is 95.0 cm³/mol. The molecule has 124 valence electrons. The van der Waals surface area contributed by atoms with Crippen LogP contribution in [0.25, 0.3) is 0 Å². The smallest absolute Gasteiger partial charge is 0.410 e. The Morgan fingerprint density at radius 2 is 1.95 bits per heavy atom. The molecule has 6 heteroatoms. The summed E-state index contributed by atoms with van der Waals surface area (Å²) < 4.78 is 8.81. The first-order valence-electron chi connectivity index (χ1n) is 7.84. The number of carbonyl (C=O) groups is 1. The van der Waals surface area contributed by atoms with Crippen molar-refractivity contribution >= 4 is 28.7 Å². The molecule has 1 aromatic rings. The molecule has 0 spiro atoms. The quantitative estimate of drug-likeness (QED) is 0.677. The Morgan fingerprint density at radius 1 is 1.36 bits per heavy atom. The number of amides is 1. The van der Waals surface area contributed by atoms with E-state index < -0.39 is 5.60 Å². The minimum atomic E-state index is -0.439.